The lowest BCUT2D eigenvalue weighted by Gasteiger charge is -2.07. The Kier molecular flexibility index (Phi) is 4.79. The number of halogens is 2. The number of nitro benzene ring substituents is 1. The summed E-state index contributed by atoms with van der Waals surface area (Å²) in [6.45, 7) is 0.743. The standard InChI is InChI=1S/C12H10BrClN2O2S/c13-10-7-8(16(17)18)1-3-11(10)15-6-5-9-2-4-12(14)19-9/h1-4,7,15H,5-6H2. The van der Waals surface area contributed by atoms with E-state index in [0.29, 0.717) is 4.47 Å². The van der Waals surface area contributed by atoms with E-state index in [0.717, 1.165) is 23.0 Å². The van der Waals surface area contributed by atoms with Gasteiger partial charge in [0.25, 0.3) is 5.69 Å². The Morgan fingerprint density at radius 1 is 1.37 bits per heavy atom. The first-order chi connectivity index (χ1) is 9.06. The van der Waals surface area contributed by atoms with Crippen LogP contribution in [0.5, 0.6) is 0 Å². The van der Waals surface area contributed by atoms with Gasteiger partial charge < -0.3 is 5.32 Å². The van der Waals surface area contributed by atoms with E-state index in [1.807, 2.05) is 12.1 Å². The molecular formula is C12H10BrClN2O2S. The Hall–Kier alpha value is -1.11. The van der Waals surface area contributed by atoms with Gasteiger partial charge in [-0.05, 0) is 40.5 Å². The largest absolute Gasteiger partial charge is 0.384 e. The molecule has 1 aromatic carbocycles. The second-order valence-corrected chi connectivity index (χ2v) is 6.46. The normalized spacial score (nSPS) is 10.4. The van der Waals surface area contributed by atoms with E-state index < -0.39 is 4.92 Å². The average Bonchev–Trinajstić information content (AvgIpc) is 2.77. The fraction of sp³-hybridized carbons (Fsp3) is 0.167. The first kappa shape index (κ1) is 14.3. The summed E-state index contributed by atoms with van der Waals surface area (Å²) in [4.78, 5) is 11.4. The van der Waals surface area contributed by atoms with Crippen molar-refractivity contribution in [3.63, 3.8) is 0 Å². The van der Waals surface area contributed by atoms with Gasteiger partial charge in [0, 0.05) is 33.7 Å². The molecule has 0 aliphatic heterocycles. The minimum absolute atomic E-state index is 0.0717. The summed E-state index contributed by atoms with van der Waals surface area (Å²) in [5.41, 5.74) is 0.913. The molecule has 1 aromatic heterocycles. The van der Waals surface area contributed by atoms with E-state index in [4.69, 9.17) is 11.6 Å². The maximum absolute atomic E-state index is 10.6. The Morgan fingerprint density at radius 3 is 2.74 bits per heavy atom. The highest BCUT2D eigenvalue weighted by Crippen LogP contribution is 2.27. The van der Waals surface area contributed by atoms with Crippen LogP contribution in [0.25, 0.3) is 0 Å². The minimum atomic E-state index is -0.414. The molecule has 1 N–H and O–H groups in total. The van der Waals surface area contributed by atoms with Gasteiger partial charge in [0.05, 0.1) is 9.26 Å². The Bertz CT molecular complexity index is 603. The molecule has 0 radical (unpaired) electrons. The summed E-state index contributed by atoms with van der Waals surface area (Å²) < 4.78 is 1.47. The summed E-state index contributed by atoms with van der Waals surface area (Å²) >= 11 is 10.7. The fourth-order valence-corrected chi connectivity index (χ4v) is 3.16. The molecule has 2 rings (SSSR count). The number of nitrogens with one attached hydrogen (secondary N) is 1. The van der Waals surface area contributed by atoms with Crippen LogP contribution in [0.3, 0.4) is 0 Å². The molecule has 0 saturated heterocycles. The van der Waals surface area contributed by atoms with Crippen molar-refractivity contribution >= 4 is 50.2 Å². The lowest BCUT2D eigenvalue weighted by Crippen LogP contribution is -2.04. The summed E-state index contributed by atoms with van der Waals surface area (Å²) in [6, 6.07) is 8.55. The summed E-state index contributed by atoms with van der Waals surface area (Å²) in [6.07, 6.45) is 0.862. The van der Waals surface area contributed by atoms with Crippen LogP contribution in [0.2, 0.25) is 4.34 Å². The number of nitro groups is 1. The molecule has 1 heterocycles. The van der Waals surface area contributed by atoms with Gasteiger partial charge in [-0.2, -0.15) is 0 Å². The molecule has 0 amide bonds. The molecule has 0 saturated carbocycles. The summed E-state index contributed by atoms with van der Waals surface area (Å²) in [5.74, 6) is 0. The molecule has 19 heavy (non-hydrogen) atoms. The van der Waals surface area contributed by atoms with Crippen molar-refractivity contribution in [1.82, 2.24) is 0 Å². The smallest absolute Gasteiger partial charge is 0.270 e. The molecule has 100 valence electrons. The maximum atomic E-state index is 10.6. The zero-order valence-corrected chi connectivity index (χ0v) is 12.9. The molecule has 7 heteroatoms. The Labute approximate surface area is 127 Å². The predicted octanol–water partition coefficient (Wildman–Crippen LogP) is 4.73. The van der Waals surface area contributed by atoms with Crippen LogP contribution >= 0.6 is 38.9 Å². The number of nitrogens with zero attached hydrogens (tertiary/aromatic N) is 1. The van der Waals surface area contributed by atoms with E-state index in [2.05, 4.69) is 21.2 Å². The summed E-state index contributed by atoms with van der Waals surface area (Å²) in [7, 11) is 0. The van der Waals surface area contributed by atoms with E-state index in [1.165, 1.54) is 17.0 Å². The van der Waals surface area contributed by atoms with Crippen LogP contribution in [0, 0.1) is 10.1 Å². The Balaban J connectivity index is 1.94. The van der Waals surface area contributed by atoms with Gasteiger partial charge in [0.2, 0.25) is 0 Å². The van der Waals surface area contributed by atoms with Crippen LogP contribution in [0.4, 0.5) is 11.4 Å². The number of non-ortho nitro benzene ring substituents is 1. The monoisotopic (exact) mass is 360 g/mol. The third kappa shape index (κ3) is 3.92. The topological polar surface area (TPSA) is 55.2 Å². The average molecular weight is 362 g/mol. The molecule has 0 aliphatic carbocycles. The molecule has 0 aliphatic rings. The van der Waals surface area contributed by atoms with Crippen molar-refractivity contribution < 1.29 is 4.92 Å². The van der Waals surface area contributed by atoms with Gasteiger partial charge in [-0.1, -0.05) is 11.6 Å². The lowest BCUT2D eigenvalue weighted by molar-refractivity contribution is -0.384. The molecule has 0 unspecified atom stereocenters. The number of benzene rings is 1. The fourth-order valence-electron chi connectivity index (χ4n) is 1.57. The van der Waals surface area contributed by atoms with Crippen LogP contribution in [-0.4, -0.2) is 11.5 Å². The van der Waals surface area contributed by atoms with Gasteiger partial charge in [-0.25, -0.2) is 0 Å². The number of thiophene rings is 1. The van der Waals surface area contributed by atoms with E-state index in [-0.39, 0.29) is 5.69 Å². The molecule has 0 atom stereocenters. The molecule has 4 nitrogen and oxygen atoms in total. The lowest BCUT2D eigenvalue weighted by atomic mass is 10.2. The Morgan fingerprint density at radius 2 is 2.16 bits per heavy atom. The molecular weight excluding hydrogens is 352 g/mol. The van der Waals surface area contributed by atoms with Crippen LogP contribution in [0.1, 0.15) is 4.88 Å². The molecule has 0 bridgehead atoms. The molecule has 2 aromatic rings. The van der Waals surface area contributed by atoms with Crippen LogP contribution < -0.4 is 5.32 Å². The highest BCUT2D eigenvalue weighted by molar-refractivity contribution is 9.10. The van der Waals surface area contributed by atoms with Crippen molar-refractivity contribution in [3.05, 3.63) is 54.1 Å². The van der Waals surface area contributed by atoms with Crippen molar-refractivity contribution in [2.75, 3.05) is 11.9 Å². The van der Waals surface area contributed by atoms with Crippen LogP contribution in [-0.2, 0) is 6.42 Å². The van der Waals surface area contributed by atoms with Crippen molar-refractivity contribution in [2.24, 2.45) is 0 Å². The SMILES string of the molecule is O=[N+]([O-])c1ccc(NCCc2ccc(Cl)s2)c(Br)c1. The number of rotatable bonds is 5. The first-order valence-electron chi connectivity index (χ1n) is 5.48. The zero-order valence-electron chi connectivity index (χ0n) is 9.73. The first-order valence-corrected chi connectivity index (χ1v) is 7.47. The maximum Gasteiger partial charge on any atom is 0.270 e. The highest BCUT2D eigenvalue weighted by Gasteiger charge is 2.08. The van der Waals surface area contributed by atoms with Gasteiger partial charge in [-0.3, -0.25) is 10.1 Å². The zero-order chi connectivity index (χ0) is 13.8. The van der Waals surface area contributed by atoms with Crippen molar-refractivity contribution in [1.29, 1.82) is 0 Å². The summed E-state index contributed by atoms with van der Waals surface area (Å²) in [5, 5.41) is 13.8. The van der Waals surface area contributed by atoms with E-state index in [9.17, 15) is 10.1 Å². The number of anilines is 1. The highest BCUT2D eigenvalue weighted by atomic mass is 79.9. The van der Waals surface area contributed by atoms with Gasteiger partial charge >= 0.3 is 0 Å². The van der Waals surface area contributed by atoms with Crippen LogP contribution in [0.15, 0.2) is 34.8 Å². The third-order valence-electron chi connectivity index (χ3n) is 2.48. The van der Waals surface area contributed by atoms with Gasteiger partial charge in [0.1, 0.15) is 0 Å². The predicted molar refractivity (Wildman–Crippen MR) is 82.3 cm³/mol. The van der Waals surface area contributed by atoms with Gasteiger partial charge in [-0.15, -0.1) is 11.3 Å². The van der Waals surface area contributed by atoms with Gasteiger partial charge in [0.15, 0.2) is 0 Å². The number of hydrogen-bond acceptors (Lipinski definition) is 4. The van der Waals surface area contributed by atoms with E-state index in [1.54, 1.807) is 17.4 Å². The van der Waals surface area contributed by atoms with Crippen molar-refractivity contribution in [3.8, 4) is 0 Å². The second kappa shape index (κ2) is 6.36. The molecule has 0 fully saturated rings. The van der Waals surface area contributed by atoms with Crippen molar-refractivity contribution in [2.45, 2.75) is 6.42 Å². The van der Waals surface area contributed by atoms with E-state index >= 15 is 0 Å². The molecule has 0 spiro atoms. The quantitative estimate of drug-likeness (QED) is 0.619. The number of hydrogen-bond donors (Lipinski definition) is 1. The minimum Gasteiger partial charge on any atom is -0.384 e. The third-order valence-corrected chi connectivity index (χ3v) is 4.43. The second-order valence-electron chi connectivity index (χ2n) is 3.80.